The van der Waals surface area contributed by atoms with Crippen LogP contribution in [0.2, 0.25) is 0 Å². The van der Waals surface area contributed by atoms with Crippen molar-refractivity contribution in [3.63, 3.8) is 0 Å². The summed E-state index contributed by atoms with van der Waals surface area (Å²) in [5.74, 6) is 0. The number of rotatable bonds is 3. The second kappa shape index (κ2) is 6.60. The van der Waals surface area contributed by atoms with E-state index >= 15 is 0 Å². The minimum atomic E-state index is 0. The second-order valence-electron chi connectivity index (χ2n) is 2.32. The third-order valence-electron chi connectivity index (χ3n) is 1.39. The second-order valence-corrected chi connectivity index (χ2v) is 2.32. The molecule has 0 fully saturated rings. The van der Waals surface area contributed by atoms with Gasteiger partial charge in [-0.2, -0.15) is 0 Å². The maximum Gasteiger partial charge on any atom is 1.00 e. The van der Waals surface area contributed by atoms with Crippen LogP contribution in [-0.2, 0) is 16.5 Å². The quantitative estimate of drug-likeness (QED) is 0.296. The zero-order valence-corrected chi connectivity index (χ0v) is 9.24. The molecule has 0 aliphatic carbocycles. The van der Waals surface area contributed by atoms with Crippen LogP contribution in [0.5, 0.6) is 0 Å². The molecule has 0 saturated heterocycles. The third kappa shape index (κ3) is 4.21. The fourth-order valence-electron chi connectivity index (χ4n) is 0.776. The molecule has 1 rings (SSSR count). The first-order valence-corrected chi connectivity index (χ1v) is 3.30. The average molecular weight is 176 g/mol. The van der Waals surface area contributed by atoms with Gasteiger partial charge in [0.25, 0.3) is 0 Å². The number of hydrogen-bond acceptors (Lipinski definition) is 3. The smallest absolute Gasteiger partial charge is 0.692 e. The van der Waals surface area contributed by atoms with Crippen LogP contribution < -0.4 is 34.8 Å². The normalized spacial score (nSPS) is 9.17. The Balaban J connectivity index is 0.00000121. The first kappa shape index (κ1) is 12.1. The Labute approximate surface area is 93.5 Å². The topological polar surface area (TPSA) is 41.5 Å². The minimum absolute atomic E-state index is 0. The van der Waals surface area contributed by atoms with Gasteiger partial charge < -0.3 is 5.26 Å². The Bertz CT molecular complexity index is 210. The first-order valence-electron chi connectivity index (χ1n) is 3.30. The standard InChI is InChI=1S/C8H10O3.Na/c1-7-2-4-8(5-3-7)6-10-11-9;/h2-5,9H,6H2,1H3;/q;+1/p-1. The SMILES string of the molecule is Cc1ccc(COO[O-])cc1.[Na+]. The molecule has 0 atom stereocenters. The molecule has 1 aromatic carbocycles. The summed E-state index contributed by atoms with van der Waals surface area (Å²) in [5, 5.41) is 12.7. The van der Waals surface area contributed by atoms with Crippen molar-refractivity contribution in [2.24, 2.45) is 0 Å². The molecular formula is C8H9NaO3. The van der Waals surface area contributed by atoms with Gasteiger partial charge in [-0.05, 0) is 12.5 Å². The zero-order valence-electron chi connectivity index (χ0n) is 7.24. The van der Waals surface area contributed by atoms with Gasteiger partial charge >= 0.3 is 29.6 Å². The van der Waals surface area contributed by atoms with Gasteiger partial charge in [0.2, 0.25) is 0 Å². The predicted molar refractivity (Wildman–Crippen MR) is 37.1 cm³/mol. The van der Waals surface area contributed by atoms with Crippen molar-refractivity contribution in [1.29, 1.82) is 0 Å². The predicted octanol–water partition coefficient (Wildman–Crippen LogP) is -2.28. The third-order valence-corrected chi connectivity index (χ3v) is 1.39. The van der Waals surface area contributed by atoms with E-state index in [2.05, 4.69) is 9.93 Å². The molecule has 0 amide bonds. The molecule has 0 bridgehead atoms. The van der Waals surface area contributed by atoms with E-state index in [0.29, 0.717) is 0 Å². The van der Waals surface area contributed by atoms with Crippen LogP contribution >= 0.6 is 0 Å². The van der Waals surface area contributed by atoms with Crippen molar-refractivity contribution in [1.82, 2.24) is 0 Å². The maximum atomic E-state index is 9.45. The number of benzene rings is 1. The maximum absolute atomic E-state index is 9.45. The molecule has 4 heteroatoms. The minimum Gasteiger partial charge on any atom is -0.692 e. The summed E-state index contributed by atoms with van der Waals surface area (Å²) in [6.45, 7) is 2.19. The molecular weight excluding hydrogens is 167 g/mol. The van der Waals surface area contributed by atoms with E-state index in [1.807, 2.05) is 31.2 Å². The van der Waals surface area contributed by atoms with Crippen LogP contribution in [0.1, 0.15) is 11.1 Å². The Hall–Kier alpha value is 0.1000. The van der Waals surface area contributed by atoms with Crippen LogP contribution in [0, 0.1) is 6.92 Å². The molecule has 12 heavy (non-hydrogen) atoms. The molecule has 0 N–H and O–H groups in total. The zero-order chi connectivity index (χ0) is 8.10. The molecule has 0 aromatic heterocycles. The summed E-state index contributed by atoms with van der Waals surface area (Å²) >= 11 is 0. The van der Waals surface area contributed by atoms with Gasteiger partial charge in [0.05, 0.1) is 0 Å². The van der Waals surface area contributed by atoms with Crippen LogP contribution in [0.4, 0.5) is 0 Å². The molecule has 1 aromatic rings. The number of aryl methyl sites for hydroxylation is 1. The number of hydrogen-bond donors (Lipinski definition) is 0. The van der Waals surface area contributed by atoms with Crippen LogP contribution in [0.3, 0.4) is 0 Å². The summed E-state index contributed by atoms with van der Waals surface area (Å²) in [7, 11) is 0. The van der Waals surface area contributed by atoms with E-state index < -0.39 is 0 Å². The van der Waals surface area contributed by atoms with E-state index in [4.69, 9.17) is 0 Å². The van der Waals surface area contributed by atoms with Crippen LogP contribution in [0.15, 0.2) is 24.3 Å². The summed E-state index contributed by atoms with van der Waals surface area (Å²) < 4.78 is 0. The fraction of sp³-hybridized carbons (Fsp3) is 0.250. The Kier molecular flexibility index (Phi) is 6.65. The van der Waals surface area contributed by atoms with Gasteiger partial charge in [-0.15, -0.1) is 0 Å². The van der Waals surface area contributed by atoms with Crippen LogP contribution in [-0.4, -0.2) is 0 Å². The molecule has 60 valence electrons. The summed E-state index contributed by atoms with van der Waals surface area (Å²) in [6, 6.07) is 7.66. The summed E-state index contributed by atoms with van der Waals surface area (Å²) in [6.07, 6.45) is 0. The van der Waals surface area contributed by atoms with Crippen molar-refractivity contribution in [3.8, 4) is 0 Å². The van der Waals surface area contributed by atoms with Gasteiger partial charge in [0.1, 0.15) is 6.61 Å². The van der Waals surface area contributed by atoms with E-state index in [1.54, 1.807) is 0 Å². The molecule has 0 unspecified atom stereocenters. The van der Waals surface area contributed by atoms with E-state index in [1.165, 1.54) is 5.56 Å². The summed E-state index contributed by atoms with van der Waals surface area (Å²) in [5.41, 5.74) is 2.10. The largest absolute Gasteiger partial charge is 1.00 e. The molecule has 0 aliphatic rings. The molecule has 0 spiro atoms. The monoisotopic (exact) mass is 176 g/mol. The first-order chi connectivity index (χ1) is 5.33. The van der Waals surface area contributed by atoms with E-state index in [-0.39, 0.29) is 36.2 Å². The average Bonchev–Trinajstić information content (AvgIpc) is 2.04. The molecule has 0 radical (unpaired) electrons. The fourth-order valence-corrected chi connectivity index (χ4v) is 0.776. The van der Waals surface area contributed by atoms with Gasteiger partial charge in [0.15, 0.2) is 0 Å². The van der Waals surface area contributed by atoms with Crippen molar-refractivity contribution >= 4 is 0 Å². The van der Waals surface area contributed by atoms with E-state index in [0.717, 1.165) is 5.56 Å². The van der Waals surface area contributed by atoms with Crippen molar-refractivity contribution in [2.75, 3.05) is 0 Å². The molecule has 0 aliphatic heterocycles. The van der Waals surface area contributed by atoms with Crippen molar-refractivity contribution < 1.29 is 44.7 Å². The van der Waals surface area contributed by atoms with Crippen molar-refractivity contribution in [2.45, 2.75) is 13.5 Å². The van der Waals surface area contributed by atoms with Crippen molar-refractivity contribution in [3.05, 3.63) is 35.4 Å². The van der Waals surface area contributed by atoms with Gasteiger partial charge in [-0.1, -0.05) is 29.8 Å². The Morgan fingerprint density at radius 1 is 1.25 bits per heavy atom. The van der Waals surface area contributed by atoms with Gasteiger partial charge in [-0.25, -0.2) is 4.89 Å². The summed E-state index contributed by atoms with van der Waals surface area (Å²) in [4.78, 5) is 4.20. The van der Waals surface area contributed by atoms with Gasteiger partial charge in [0, 0.05) is 0 Å². The van der Waals surface area contributed by atoms with Crippen LogP contribution in [0.25, 0.3) is 0 Å². The Morgan fingerprint density at radius 2 is 1.83 bits per heavy atom. The van der Waals surface area contributed by atoms with Gasteiger partial charge in [-0.3, -0.25) is 5.04 Å². The molecule has 3 nitrogen and oxygen atoms in total. The molecule has 0 heterocycles. The molecule has 0 saturated carbocycles. The Morgan fingerprint density at radius 3 is 2.33 bits per heavy atom. The van der Waals surface area contributed by atoms with E-state index in [9.17, 15) is 5.26 Å².